The summed E-state index contributed by atoms with van der Waals surface area (Å²) >= 11 is 0. The van der Waals surface area contributed by atoms with Crippen LogP contribution in [0.2, 0.25) is 0 Å². The molecule has 1 aliphatic heterocycles. The van der Waals surface area contributed by atoms with E-state index in [4.69, 9.17) is 5.84 Å². The average molecular weight is 299 g/mol. The highest BCUT2D eigenvalue weighted by atomic mass is 32.2. The van der Waals surface area contributed by atoms with Crippen LogP contribution in [-0.4, -0.2) is 35.8 Å². The van der Waals surface area contributed by atoms with Gasteiger partial charge < -0.3 is 0 Å². The number of nitrogens with zero attached hydrogens (tertiary/aromatic N) is 3. The van der Waals surface area contributed by atoms with Crippen LogP contribution in [0.25, 0.3) is 0 Å². The second-order valence-corrected chi connectivity index (χ2v) is 7.75. The van der Waals surface area contributed by atoms with Crippen molar-refractivity contribution in [3.8, 4) is 0 Å². The number of hydrazine groups is 1. The Hall–Kier alpha value is -1.25. The summed E-state index contributed by atoms with van der Waals surface area (Å²) in [6, 6.07) is 0. The number of hydrogen-bond donors (Lipinski definition) is 2. The maximum absolute atomic E-state index is 12.5. The summed E-state index contributed by atoms with van der Waals surface area (Å²) in [4.78, 5) is 7.82. The Labute approximate surface area is 119 Å². The molecule has 7 nitrogen and oxygen atoms in total. The molecule has 0 bridgehead atoms. The standard InChI is InChI=1S/C12H21N5O2S/c1-12(2)4-3-6-17(7-5-12)20(18,19)10-8-14-11(16-13)15-9-10/h8-9H,3-7,13H2,1-2H3,(H,14,15,16). The molecule has 0 aliphatic carbocycles. The Morgan fingerprint density at radius 1 is 1.25 bits per heavy atom. The van der Waals surface area contributed by atoms with E-state index in [1.807, 2.05) is 0 Å². The highest BCUT2D eigenvalue weighted by molar-refractivity contribution is 7.89. The first kappa shape index (κ1) is 15.1. The van der Waals surface area contributed by atoms with Crippen molar-refractivity contribution in [2.45, 2.75) is 38.0 Å². The zero-order valence-electron chi connectivity index (χ0n) is 11.8. The van der Waals surface area contributed by atoms with Gasteiger partial charge in [-0.2, -0.15) is 4.31 Å². The molecule has 1 aromatic rings. The van der Waals surface area contributed by atoms with Crippen LogP contribution in [0.15, 0.2) is 17.3 Å². The minimum absolute atomic E-state index is 0.108. The predicted molar refractivity (Wildman–Crippen MR) is 76.2 cm³/mol. The largest absolute Gasteiger partial charge is 0.292 e. The topological polar surface area (TPSA) is 101 Å². The van der Waals surface area contributed by atoms with Crippen LogP contribution < -0.4 is 11.3 Å². The molecule has 1 saturated heterocycles. The van der Waals surface area contributed by atoms with Crippen LogP contribution in [0, 0.1) is 5.41 Å². The maximum atomic E-state index is 12.5. The third-order valence-corrected chi connectivity index (χ3v) is 5.55. The number of nitrogens with two attached hydrogens (primary N) is 1. The highest BCUT2D eigenvalue weighted by Crippen LogP contribution is 2.31. The molecular weight excluding hydrogens is 278 g/mol. The SMILES string of the molecule is CC1(C)CCCN(S(=O)(=O)c2cnc(NN)nc2)CC1. The summed E-state index contributed by atoms with van der Waals surface area (Å²) in [5.74, 6) is 5.36. The number of rotatable bonds is 3. The number of hydrogen-bond acceptors (Lipinski definition) is 6. The predicted octanol–water partition coefficient (Wildman–Crippen LogP) is 0.963. The van der Waals surface area contributed by atoms with Gasteiger partial charge in [-0.3, -0.25) is 5.43 Å². The minimum Gasteiger partial charge on any atom is -0.292 e. The van der Waals surface area contributed by atoms with E-state index in [2.05, 4.69) is 29.2 Å². The van der Waals surface area contributed by atoms with E-state index in [0.717, 1.165) is 19.3 Å². The normalized spacial score (nSPS) is 20.4. The van der Waals surface area contributed by atoms with Crippen molar-refractivity contribution in [2.75, 3.05) is 18.5 Å². The number of aromatic nitrogens is 2. The third kappa shape index (κ3) is 3.25. The molecule has 0 radical (unpaired) electrons. The van der Waals surface area contributed by atoms with Crippen LogP contribution in [0.4, 0.5) is 5.95 Å². The molecule has 8 heteroatoms. The molecule has 2 heterocycles. The molecule has 0 saturated carbocycles. The fourth-order valence-electron chi connectivity index (χ4n) is 2.31. The van der Waals surface area contributed by atoms with Gasteiger partial charge in [0.2, 0.25) is 16.0 Å². The zero-order valence-corrected chi connectivity index (χ0v) is 12.7. The lowest BCUT2D eigenvalue weighted by atomic mass is 9.85. The lowest BCUT2D eigenvalue weighted by Gasteiger charge is -2.23. The van der Waals surface area contributed by atoms with Crippen LogP contribution in [0.3, 0.4) is 0 Å². The molecule has 2 rings (SSSR count). The molecular formula is C12H21N5O2S. The van der Waals surface area contributed by atoms with E-state index in [9.17, 15) is 8.42 Å². The summed E-state index contributed by atoms with van der Waals surface area (Å²) in [6.45, 7) is 5.43. The molecule has 0 spiro atoms. The van der Waals surface area contributed by atoms with Crippen molar-refractivity contribution in [3.63, 3.8) is 0 Å². The number of nitrogens with one attached hydrogen (secondary N) is 1. The van der Waals surface area contributed by atoms with Crippen molar-refractivity contribution in [1.82, 2.24) is 14.3 Å². The summed E-state index contributed by atoms with van der Waals surface area (Å²) in [6.07, 6.45) is 5.33. The van der Waals surface area contributed by atoms with Crippen molar-refractivity contribution < 1.29 is 8.42 Å². The first-order valence-electron chi connectivity index (χ1n) is 6.64. The van der Waals surface area contributed by atoms with Crippen molar-refractivity contribution in [1.29, 1.82) is 0 Å². The van der Waals surface area contributed by atoms with Gasteiger partial charge >= 0.3 is 0 Å². The van der Waals surface area contributed by atoms with Crippen LogP contribution in [0.5, 0.6) is 0 Å². The van der Waals surface area contributed by atoms with E-state index < -0.39 is 10.0 Å². The fraction of sp³-hybridized carbons (Fsp3) is 0.667. The van der Waals surface area contributed by atoms with Gasteiger partial charge in [0, 0.05) is 13.1 Å². The van der Waals surface area contributed by atoms with Crippen molar-refractivity contribution in [2.24, 2.45) is 11.3 Å². The molecule has 0 amide bonds. The van der Waals surface area contributed by atoms with Crippen LogP contribution in [-0.2, 0) is 10.0 Å². The Morgan fingerprint density at radius 2 is 1.90 bits per heavy atom. The number of nitrogen functional groups attached to an aromatic ring is 1. The van der Waals surface area contributed by atoms with Gasteiger partial charge in [0.15, 0.2) is 0 Å². The van der Waals surface area contributed by atoms with Crippen molar-refractivity contribution in [3.05, 3.63) is 12.4 Å². The second-order valence-electron chi connectivity index (χ2n) is 5.81. The van der Waals surface area contributed by atoms with Gasteiger partial charge in [-0.05, 0) is 24.7 Å². The summed E-state index contributed by atoms with van der Waals surface area (Å²) < 4.78 is 26.6. The summed E-state index contributed by atoms with van der Waals surface area (Å²) in [5, 5.41) is 0. The summed E-state index contributed by atoms with van der Waals surface area (Å²) in [7, 11) is -3.52. The van der Waals surface area contributed by atoms with E-state index in [0.29, 0.717) is 13.1 Å². The minimum atomic E-state index is -3.52. The van der Waals surface area contributed by atoms with Crippen LogP contribution in [0.1, 0.15) is 33.1 Å². The molecule has 0 unspecified atom stereocenters. The fourth-order valence-corrected chi connectivity index (χ4v) is 3.68. The van der Waals surface area contributed by atoms with Gasteiger partial charge in [0.05, 0.1) is 12.4 Å². The van der Waals surface area contributed by atoms with Gasteiger partial charge in [-0.15, -0.1) is 0 Å². The third-order valence-electron chi connectivity index (χ3n) is 3.69. The maximum Gasteiger partial charge on any atom is 0.246 e. The Bertz CT molecular complexity index is 556. The molecule has 1 aromatic heterocycles. The van der Waals surface area contributed by atoms with Gasteiger partial charge in [-0.25, -0.2) is 24.2 Å². The smallest absolute Gasteiger partial charge is 0.246 e. The molecule has 112 valence electrons. The molecule has 3 N–H and O–H groups in total. The quantitative estimate of drug-likeness (QED) is 0.637. The highest BCUT2D eigenvalue weighted by Gasteiger charge is 2.30. The molecule has 1 aliphatic rings. The lowest BCUT2D eigenvalue weighted by molar-refractivity contribution is 0.315. The molecule has 20 heavy (non-hydrogen) atoms. The van der Waals surface area contributed by atoms with E-state index in [-0.39, 0.29) is 16.3 Å². The molecule has 0 atom stereocenters. The van der Waals surface area contributed by atoms with E-state index in [1.165, 1.54) is 16.7 Å². The Morgan fingerprint density at radius 3 is 2.50 bits per heavy atom. The summed E-state index contributed by atoms with van der Waals surface area (Å²) in [5.41, 5.74) is 2.46. The van der Waals surface area contributed by atoms with E-state index >= 15 is 0 Å². The monoisotopic (exact) mass is 299 g/mol. The first-order chi connectivity index (χ1) is 9.35. The number of anilines is 1. The van der Waals surface area contributed by atoms with Crippen molar-refractivity contribution >= 4 is 16.0 Å². The molecule has 1 fully saturated rings. The number of sulfonamides is 1. The average Bonchev–Trinajstić information content (AvgIpc) is 2.60. The Kier molecular flexibility index (Phi) is 4.26. The van der Waals surface area contributed by atoms with Gasteiger partial charge in [0.25, 0.3) is 0 Å². The first-order valence-corrected chi connectivity index (χ1v) is 8.08. The Balaban J connectivity index is 2.20. The van der Waals surface area contributed by atoms with Gasteiger partial charge in [-0.1, -0.05) is 13.8 Å². The van der Waals surface area contributed by atoms with E-state index in [1.54, 1.807) is 0 Å². The zero-order chi connectivity index (χ0) is 14.8. The van der Waals surface area contributed by atoms with Gasteiger partial charge in [0.1, 0.15) is 4.90 Å². The molecule has 0 aromatic carbocycles. The van der Waals surface area contributed by atoms with Crippen LogP contribution >= 0.6 is 0 Å². The lowest BCUT2D eigenvalue weighted by Crippen LogP contribution is -2.32. The second kappa shape index (κ2) is 5.63.